The highest BCUT2D eigenvalue weighted by Gasteiger charge is 2.27. The van der Waals surface area contributed by atoms with Crippen LogP contribution in [0.1, 0.15) is 45.8 Å². The molecule has 0 radical (unpaired) electrons. The highest BCUT2D eigenvalue weighted by Crippen LogP contribution is 2.27. The number of anilines is 1. The molecule has 0 aliphatic carbocycles. The average Bonchev–Trinajstić information content (AvgIpc) is 2.82. The Bertz CT molecular complexity index is 1430. The number of aromatic nitrogens is 3. The maximum absolute atomic E-state index is 14.5. The highest BCUT2D eigenvalue weighted by atomic mass is 19.1. The van der Waals surface area contributed by atoms with Crippen molar-refractivity contribution in [3.05, 3.63) is 94.6 Å². The number of nitrogens with zero attached hydrogens (tertiary/aromatic N) is 5. The van der Waals surface area contributed by atoms with Gasteiger partial charge in [-0.1, -0.05) is 0 Å². The molecule has 1 amide bonds. The fourth-order valence-corrected chi connectivity index (χ4v) is 3.62. The number of nitriles is 1. The Labute approximate surface area is 194 Å². The number of nitrogen functional groups attached to an aromatic ring is 1. The molecule has 0 fully saturated rings. The Balaban J connectivity index is 1.75. The Kier molecular flexibility index (Phi) is 6.15. The van der Waals surface area contributed by atoms with Gasteiger partial charge in [-0.2, -0.15) is 5.26 Å². The standard InChI is InChI=1S/C25H20F2N6O/c1-14-7-18-8-17(4-6-22(18)32-24(14)29)25(34)33(13-20-5-3-16(10-28)11-30-20)15(2)23-21(27)9-19(26)12-31-23/h3-9,11-12,15H,13H2,1-2H3,(H2,29,32). The van der Waals surface area contributed by atoms with Crippen LogP contribution in [0.3, 0.4) is 0 Å². The average molecular weight is 458 g/mol. The number of nitrogens with two attached hydrogens (primary N) is 1. The third-order valence-corrected chi connectivity index (χ3v) is 5.54. The van der Waals surface area contributed by atoms with Gasteiger partial charge < -0.3 is 10.6 Å². The van der Waals surface area contributed by atoms with E-state index in [2.05, 4.69) is 15.0 Å². The first-order chi connectivity index (χ1) is 16.3. The van der Waals surface area contributed by atoms with E-state index in [0.717, 1.165) is 23.2 Å². The summed E-state index contributed by atoms with van der Waals surface area (Å²) in [5.74, 6) is -1.66. The van der Waals surface area contributed by atoms with Gasteiger partial charge in [-0.05, 0) is 55.8 Å². The molecule has 4 rings (SSSR count). The molecule has 0 saturated heterocycles. The lowest BCUT2D eigenvalue weighted by Crippen LogP contribution is -2.34. The van der Waals surface area contributed by atoms with Crippen LogP contribution in [0, 0.1) is 29.9 Å². The van der Waals surface area contributed by atoms with Gasteiger partial charge in [-0.25, -0.2) is 13.8 Å². The van der Waals surface area contributed by atoms with Crippen LogP contribution in [0.15, 0.2) is 54.9 Å². The summed E-state index contributed by atoms with van der Waals surface area (Å²) in [4.78, 5) is 27.5. The Morgan fingerprint density at radius 3 is 2.62 bits per heavy atom. The highest BCUT2D eigenvalue weighted by molar-refractivity contribution is 5.98. The van der Waals surface area contributed by atoms with Crippen molar-refractivity contribution in [3.8, 4) is 6.07 Å². The van der Waals surface area contributed by atoms with E-state index in [1.807, 2.05) is 19.1 Å². The van der Waals surface area contributed by atoms with Crippen LogP contribution in [0.2, 0.25) is 0 Å². The van der Waals surface area contributed by atoms with E-state index in [1.165, 1.54) is 11.1 Å². The topological polar surface area (TPSA) is 109 Å². The molecule has 0 aliphatic heterocycles. The van der Waals surface area contributed by atoms with Gasteiger partial charge in [-0.15, -0.1) is 0 Å². The number of halogens is 2. The summed E-state index contributed by atoms with van der Waals surface area (Å²) in [6.07, 6.45) is 2.31. The van der Waals surface area contributed by atoms with E-state index in [1.54, 1.807) is 37.3 Å². The molecule has 1 aromatic carbocycles. The minimum atomic E-state index is -0.855. The van der Waals surface area contributed by atoms with Crippen LogP contribution in [0.25, 0.3) is 10.9 Å². The molecule has 0 bridgehead atoms. The van der Waals surface area contributed by atoms with E-state index in [0.29, 0.717) is 28.2 Å². The van der Waals surface area contributed by atoms with Crippen LogP contribution in [-0.2, 0) is 6.54 Å². The number of hydrogen-bond acceptors (Lipinski definition) is 6. The third kappa shape index (κ3) is 4.52. The fourth-order valence-electron chi connectivity index (χ4n) is 3.62. The summed E-state index contributed by atoms with van der Waals surface area (Å²) in [6.45, 7) is 3.45. The Hall–Kier alpha value is -4.45. The lowest BCUT2D eigenvalue weighted by atomic mass is 10.1. The van der Waals surface area contributed by atoms with Crippen molar-refractivity contribution >= 4 is 22.6 Å². The second-order valence-corrected chi connectivity index (χ2v) is 7.88. The number of benzene rings is 1. The predicted octanol–water partition coefficient (Wildman–Crippen LogP) is 4.47. The number of carbonyl (C=O) groups excluding carboxylic acids is 1. The number of hydrogen-bond donors (Lipinski definition) is 1. The van der Waals surface area contributed by atoms with Crippen molar-refractivity contribution in [2.75, 3.05) is 5.73 Å². The van der Waals surface area contributed by atoms with Crippen LogP contribution < -0.4 is 5.73 Å². The van der Waals surface area contributed by atoms with Crippen molar-refractivity contribution in [3.63, 3.8) is 0 Å². The van der Waals surface area contributed by atoms with Crippen LogP contribution in [0.4, 0.5) is 14.6 Å². The zero-order chi connectivity index (χ0) is 24.4. The lowest BCUT2D eigenvalue weighted by molar-refractivity contribution is 0.0664. The summed E-state index contributed by atoms with van der Waals surface area (Å²) in [6, 6.07) is 11.9. The van der Waals surface area contributed by atoms with E-state index in [-0.39, 0.29) is 12.2 Å². The monoisotopic (exact) mass is 458 g/mol. The maximum Gasteiger partial charge on any atom is 0.254 e. The molecule has 0 spiro atoms. The number of fused-ring (bicyclic) bond motifs is 1. The molecule has 2 N–H and O–H groups in total. The first-order valence-corrected chi connectivity index (χ1v) is 10.4. The third-order valence-electron chi connectivity index (χ3n) is 5.54. The maximum atomic E-state index is 14.5. The van der Waals surface area contributed by atoms with E-state index < -0.39 is 23.6 Å². The quantitative estimate of drug-likeness (QED) is 0.473. The Morgan fingerprint density at radius 2 is 1.94 bits per heavy atom. The molecule has 7 nitrogen and oxygen atoms in total. The fraction of sp³-hybridized carbons (Fsp3) is 0.160. The Morgan fingerprint density at radius 1 is 1.15 bits per heavy atom. The molecule has 3 heterocycles. The van der Waals surface area contributed by atoms with Crippen molar-refractivity contribution in [2.24, 2.45) is 0 Å². The molecule has 0 saturated carbocycles. The summed E-state index contributed by atoms with van der Waals surface area (Å²) in [5.41, 5.74) is 8.44. The van der Waals surface area contributed by atoms with Gasteiger partial charge >= 0.3 is 0 Å². The van der Waals surface area contributed by atoms with Crippen molar-refractivity contribution < 1.29 is 13.6 Å². The molecule has 34 heavy (non-hydrogen) atoms. The van der Waals surface area contributed by atoms with Gasteiger partial charge in [-0.3, -0.25) is 14.8 Å². The van der Waals surface area contributed by atoms with Gasteiger partial charge in [0, 0.05) is 23.2 Å². The molecule has 9 heteroatoms. The normalized spacial score (nSPS) is 11.7. The molecule has 170 valence electrons. The molecule has 0 aliphatic rings. The van der Waals surface area contributed by atoms with Crippen molar-refractivity contribution in [2.45, 2.75) is 26.4 Å². The van der Waals surface area contributed by atoms with E-state index in [4.69, 9.17) is 11.0 Å². The van der Waals surface area contributed by atoms with Crippen LogP contribution in [-0.4, -0.2) is 25.8 Å². The van der Waals surface area contributed by atoms with Crippen molar-refractivity contribution in [1.82, 2.24) is 19.9 Å². The van der Waals surface area contributed by atoms with Crippen LogP contribution >= 0.6 is 0 Å². The SMILES string of the molecule is Cc1cc2cc(C(=O)N(Cc3ccc(C#N)cn3)C(C)c3ncc(F)cc3F)ccc2nc1N. The van der Waals surface area contributed by atoms with E-state index in [9.17, 15) is 13.6 Å². The summed E-state index contributed by atoms with van der Waals surface area (Å²) >= 11 is 0. The minimum Gasteiger partial charge on any atom is -0.383 e. The van der Waals surface area contributed by atoms with E-state index >= 15 is 0 Å². The summed E-state index contributed by atoms with van der Waals surface area (Å²) in [7, 11) is 0. The van der Waals surface area contributed by atoms with Gasteiger partial charge in [0.25, 0.3) is 5.91 Å². The molecule has 1 atom stereocenters. The number of pyridine rings is 3. The molecule has 3 aromatic heterocycles. The van der Waals surface area contributed by atoms with Crippen LogP contribution in [0.5, 0.6) is 0 Å². The second kappa shape index (κ2) is 9.19. The molecule has 4 aromatic rings. The molecular weight excluding hydrogens is 438 g/mol. The summed E-state index contributed by atoms with van der Waals surface area (Å²) in [5, 5.41) is 9.74. The zero-order valence-corrected chi connectivity index (χ0v) is 18.5. The summed E-state index contributed by atoms with van der Waals surface area (Å²) < 4.78 is 28.0. The second-order valence-electron chi connectivity index (χ2n) is 7.88. The first kappa shape index (κ1) is 22.7. The lowest BCUT2D eigenvalue weighted by Gasteiger charge is -2.29. The number of aryl methyl sites for hydroxylation is 1. The van der Waals surface area contributed by atoms with Crippen molar-refractivity contribution in [1.29, 1.82) is 5.26 Å². The van der Waals surface area contributed by atoms with Gasteiger partial charge in [0.15, 0.2) is 0 Å². The minimum absolute atomic E-state index is 0.0151. The number of rotatable bonds is 5. The molecule has 1 unspecified atom stereocenters. The number of carbonyl (C=O) groups is 1. The predicted molar refractivity (Wildman–Crippen MR) is 122 cm³/mol. The van der Waals surface area contributed by atoms with Gasteiger partial charge in [0.2, 0.25) is 0 Å². The smallest absolute Gasteiger partial charge is 0.254 e. The molecular formula is C25H20F2N6O. The van der Waals surface area contributed by atoms with Gasteiger partial charge in [0.05, 0.1) is 41.3 Å². The largest absolute Gasteiger partial charge is 0.383 e. The zero-order valence-electron chi connectivity index (χ0n) is 18.5. The van der Waals surface area contributed by atoms with Gasteiger partial charge in [0.1, 0.15) is 23.5 Å². The number of amides is 1. The first-order valence-electron chi connectivity index (χ1n) is 10.4.